The Morgan fingerprint density at radius 2 is 0.355 bits per heavy atom. The fraction of sp³-hybridized carbons (Fsp3) is 0. The first-order valence-electron chi connectivity index (χ1n) is 37.3. The number of hydrogen-bond acceptors (Lipinski definition) is 1. The summed E-state index contributed by atoms with van der Waals surface area (Å²) in [6.45, 7) is 10.3. The third-order valence-electron chi connectivity index (χ3n) is 22.4. The summed E-state index contributed by atoms with van der Waals surface area (Å²) < 4.78 is 9.57. The van der Waals surface area contributed by atoms with Crippen LogP contribution in [0.15, 0.2) is 388 Å². The van der Waals surface area contributed by atoms with Crippen LogP contribution < -0.4 is 0 Å². The van der Waals surface area contributed by atoms with Crippen molar-refractivity contribution in [1.29, 1.82) is 5.26 Å². The van der Waals surface area contributed by atoms with Gasteiger partial charge in [-0.2, -0.15) is 5.26 Å². The van der Waals surface area contributed by atoms with E-state index in [1.165, 1.54) is 0 Å². The Balaban J connectivity index is 1.02. The van der Waals surface area contributed by atoms with Crippen LogP contribution in [0.3, 0.4) is 0 Å². The van der Waals surface area contributed by atoms with Gasteiger partial charge in [0.15, 0.2) is 0 Å². The van der Waals surface area contributed by atoms with Crippen molar-refractivity contribution < 1.29 is 0 Å². The summed E-state index contributed by atoms with van der Waals surface area (Å²) in [5, 5.41) is 21.3. The molecule has 0 fully saturated rings. The van der Waals surface area contributed by atoms with Gasteiger partial charge in [-0.3, -0.25) is 0 Å². The molecular weight excluding hydrogens is 1330 g/mol. The summed E-state index contributed by atoms with van der Waals surface area (Å²) in [4.78, 5) is 4.93. The van der Waals surface area contributed by atoms with Crippen LogP contribution in [0.5, 0.6) is 0 Å². The first-order valence-corrected chi connectivity index (χ1v) is 37.3. The normalized spacial score (nSPS) is 11.6. The molecule has 0 saturated heterocycles. The standard InChI is InChI=1S/C104H64N6/c1-106-100-91(66-105)101(107-92-50-42-75(67-26-10-2-11-27-67)58-83(92)84-59-76(43-51-93(84)107)68-28-12-3-13-29-68)103(109-96-54-46-79(71-34-18-6-19-35-71)62-87(96)88-63-80(47-55-97(88)109)72-36-20-7-21-37-72)104(110-98-56-48-81(73-38-22-8-23-39-73)64-89(98)90-65-82(49-57-99(90)110)74-40-24-9-25-41-74)102(100)108-94-52-44-77(69-30-14-4-15-31-69)60-85(94)86-61-78(45-53-95(86)108)70-32-16-5-17-33-70/h2-65H. The lowest BCUT2D eigenvalue weighted by Crippen LogP contribution is -2.15. The molecule has 4 heterocycles. The van der Waals surface area contributed by atoms with Gasteiger partial charge in [0.25, 0.3) is 0 Å². The lowest BCUT2D eigenvalue weighted by atomic mass is 10.0. The minimum Gasteiger partial charge on any atom is -0.317 e. The zero-order chi connectivity index (χ0) is 72.9. The topological polar surface area (TPSA) is 47.9 Å². The van der Waals surface area contributed by atoms with Gasteiger partial charge < -0.3 is 18.3 Å². The number of fused-ring (bicyclic) bond motifs is 12. The zero-order valence-corrected chi connectivity index (χ0v) is 59.6. The van der Waals surface area contributed by atoms with Gasteiger partial charge in [-0.25, -0.2) is 4.85 Å². The van der Waals surface area contributed by atoms with Crippen molar-refractivity contribution in [2.24, 2.45) is 0 Å². The summed E-state index contributed by atoms with van der Waals surface area (Å²) >= 11 is 0. The highest BCUT2D eigenvalue weighted by atomic mass is 15.2. The molecule has 21 aromatic rings. The fourth-order valence-corrected chi connectivity index (χ4v) is 17.3. The van der Waals surface area contributed by atoms with Crippen LogP contribution in [0.4, 0.5) is 5.69 Å². The lowest BCUT2D eigenvalue weighted by molar-refractivity contribution is 1.02. The Morgan fingerprint density at radius 3 is 0.527 bits per heavy atom. The molecule has 0 atom stereocenters. The molecule has 17 aromatic carbocycles. The van der Waals surface area contributed by atoms with E-state index < -0.39 is 0 Å². The Bertz CT molecular complexity index is 6520. The Morgan fingerprint density at radius 1 is 0.191 bits per heavy atom. The molecule has 0 saturated carbocycles. The number of nitriles is 1. The average Bonchev–Trinajstić information content (AvgIpc) is 1.49. The number of rotatable bonds is 12. The summed E-state index contributed by atoms with van der Waals surface area (Å²) in [5.41, 5.74) is 27.3. The van der Waals surface area contributed by atoms with Gasteiger partial charge in [-0.05, 0) is 186 Å². The van der Waals surface area contributed by atoms with E-state index in [1.807, 2.05) is 0 Å². The van der Waals surface area contributed by atoms with Crippen LogP contribution in [-0.4, -0.2) is 18.3 Å². The van der Waals surface area contributed by atoms with E-state index in [-0.39, 0.29) is 11.3 Å². The molecule has 0 radical (unpaired) electrons. The molecule has 21 rings (SSSR count). The van der Waals surface area contributed by atoms with Gasteiger partial charge in [-0.1, -0.05) is 291 Å². The molecule has 0 bridgehead atoms. The van der Waals surface area contributed by atoms with E-state index in [0.717, 1.165) is 176 Å². The number of nitrogens with zero attached hydrogens (tertiary/aromatic N) is 6. The zero-order valence-electron chi connectivity index (χ0n) is 59.6. The van der Waals surface area contributed by atoms with E-state index in [0.29, 0.717) is 22.7 Å². The molecule has 0 aliphatic carbocycles. The third kappa shape index (κ3) is 10.2. The molecule has 0 N–H and O–H groups in total. The Labute approximate surface area is 635 Å². The minimum absolute atomic E-state index is 0.200. The molecule has 0 spiro atoms. The van der Waals surface area contributed by atoms with Crippen LogP contribution in [-0.2, 0) is 0 Å². The summed E-state index contributed by atoms with van der Waals surface area (Å²) in [6, 6.07) is 142. The number of aromatic nitrogens is 4. The molecule has 0 amide bonds. The Kier molecular flexibility index (Phi) is 14.9. The third-order valence-corrected chi connectivity index (χ3v) is 22.4. The van der Waals surface area contributed by atoms with E-state index in [4.69, 9.17) is 4.85 Å². The molecule has 0 aliphatic rings. The van der Waals surface area contributed by atoms with Crippen molar-refractivity contribution in [3.05, 3.63) is 405 Å². The summed E-state index contributed by atoms with van der Waals surface area (Å²) in [5.74, 6) is 0. The first kappa shape index (κ1) is 63.4. The van der Waals surface area contributed by atoms with E-state index >= 15 is 0 Å². The predicted octanol–water partition coefficient (Wildman–Crippen LogP) is 27.8. The van der Waals surface area contributed by atoms with E-state index in [9.17, 15) is 11.8 Å². The van der Waals surface area contributed by atoms with Crippen LogP contribution in [0.1, 0.15) is 5.56 Å². The number of hydrogen-bond donors (Lipinski definition) is 0. The van der Waals surface area contributed by atoms with Gasteiger partial charge in [0.1, 0.15) is 0 Å². The highest BCUT2D eigenvalue weighted by molar-refractivity contribution is 6.19. The van der Waals surface area contributed by atoms with Gasteiger partial charge in [0.05, 0.1) is 85.1 Å². The highest BCUT2D eigenvalue weighted by Gasteiger charge is 2.36. The monoisotopic (exact) mass is 1400 g/mol. The SMILES string of the molecule is [C-]#[N+]c1c(C#N)c(-n2c3ccc(-c4ccccc4)cc3c3cc(-c4ccccc4)ccc32)c(-n2c3ccc(-c4ccccc4)cc3c3cc(-c4ccccc4)ccc32)c(-n2c3ccc(-c4ccccc4)cc3c3cc(-c4ccccc4)ccc32)c1-n1c2ccc(-c3ccccc3)cc2c2cc(-c3ccccc3)ccc21. The van der Waals surface area contributed by atoms with E-state index in [1.54, 1.807) is 0 Å². The van der Waals surface area contributed by atoms with Crippen molar-refractivity contribution in [2.75, 3.05) is 0 Å². The van der Waals surface area contributed by atoms with Crippen LogP contribution in [0.2, 0.25) is 0 Å². The molecule has 6 heteroatoms. The molecule has 110 heavy (non-hydrogen) atoms. The molecule has 0 aliphatic heterocycles. The van der Waals surface area contributed by atoms with Crippen LogP contribution in [0.25, 0.3) is 204 Å². The van der Waals surface area contributed by atoms with Gasteiger partial charge in [0, 0.05) is 43.1 Å². The maximum atomic E-state index is 13.2. The predicted molar refractivity (Wildman–Crippen MR) is 458 cm³/mol. The second kappa shape index (κ2) is 25.9. The number of benzene rings is 17. The quantitative estimate of drug-likeness (QED) is 0.112. The average molecular weight is 1400 g/mol. The molecule has 510 valence electrons. The van der Waals surface area contributed by atoms with Gasteiger partial charge in [-0.15, -0.1) is 0 Å². The maximum Gasteiger partial charge on any atom is 0.232 e. The largest absolute Gasteiger partial charge is 0.317 e. The maximum absolute atomic E-state index is 13.2. The second-order valence-electron chi connectivity index (χ2n) is 28.5. The van der Waals surface area contributed by atoms with Crippen LogP contribution in [0, 0.1) is 17.9 Å². The molecule has 6 nitrogen and oxygen atoms in total. The summed E-state index contributed by atoms with van der Waals surface area (Å²) in [7, 11) is 0. The van der Waals surface area contributed by atoms with Gasteiger partial charge >= 0.3 is 0 Å². The van der Waals surface area contributed by atoms with Gasteiger partial charge in [0.2, 0.25) is 5.69 Å². The van der Waals surface area contributed by atoms with Crippen molar-refractivity contribution >= 4 is 92.9 Å². The smallest absolute Gasteiger partial charge is 0.232 e. The minimum atomic E-state index is 0.200. The van der Waals surface area contributed by atoms with Crippen molar-refractivity contribution in [1.82, 2.24) is 18.3 Å². The molecule has 0 unspecified atom stereocenters. The highest BCUT2D eigenvalue weighted by Crippen LogP contribution is 2.54. The van der Waals surface area contributed by atoms with Crippen molar-refractivity contribution in [2.45, 2.75) is 0 Å². The van der Waals surface area contributed by atoms with Crippen LogP contribution >= 0.6 is 0 Å². The molecule has 4 aromatic heterocycles. The van der Waals surface area contributed by atoms with Crippen molar-refractivity contribution in [3.63, 3.8) is 0 Å². The lowest BCUT2D eigenvalue weighted by Gasteiger charge is -2.28. The Hall–Kier alpha value is -15.1. The second-order valence-corrected chi connectivity index (χ2v) is 28.5. The van der Waals surface area contributed by atoms with Crippen molar-refractivity contribution in [3.8, 4) is 118 Å². The van der Waals surface area contributed by atoms with E-state index in [2.05, 4.69) is 413 Å². The molecular formula is C104H64N6. The first-order chi connectivity index (χ1) is 54.5. The fourth-order valence-electron chi connectivity index (χ4n) is 17.3. The summed E-state index contributed by atoms with van der Waals surface area (Å²) in [6.07, 6.45) is 0.